The number of carbonyl (C=O) groups is 1. The van der Waals surface area contributed by atoms with E-state index in [1.165, 1.54) is 11.8 Å². The number of pyridine rings is 2. The van der Waals surface area contributed by atoms with Gasteiger partial charge < -0.3 is 9.84 Å². The van der Waals surface area contributed by atoms with Crippen molar-refractivity contribution in [1.82, 2.24) is 25.4 Å². The number of carbonyl (C=O) groups excluding carboxylic acids is 1. The number of rotatable bonds is 6. The maximum absolute atomic E-state index is 12.0. The van der Waals surface area contributed by atoms with Gasteiger partial charge in [-0.15, -0.1) is 11.8 Å². The molecule has 0 radical (unpaired) electrons. The van der Waals surface area contributed by atoms with E-state index in [2.05, 4.69) is 25.4 Å². The van der Waals surface area contributed by atoms with Gasteiger partial charge in [0.15, 0.2) is 0 Å². The van der Waals surface area contributed by atoms with Crippen LogP contribution in [0.25, 0.3) is 11.4 Å². The summed E-state index contributed by atoms with van der Waals surface area (Å²) in [4.78, 5) is 25.2. The highest BCUT2D eigenvalue weighted by atomic mass is 32.2. The minimum atomic E-state index is -0.362. The second-order valence-electron chi connectivity index (χ2n) is 4.95. The lowest BCUT2D eigenvalue weighted by Gasteiger charge is -2.09. The molecule has 0 aromatic carbocycles. The lowest BCUT2D eigenvalue weighted by molar-refractivity contribution is -0.119. The molecule has 7 nitrogen and oxygen atoms in total. The van der Waals surface area contributed by atoms with Gasteiger partial charge in [0.2, 0.25) is 17.6 Å². The summed E-state index contributed by atoms with van der Waals surface area (Å²) in [7, 11) is 0. The van der Waals surface area contributed by atoms with Gasteiger partial charge in [0.1, 0.15) is 6.04 Å². The van der Waals surface area contributed by atoms with Gasteiger partial charge in [-0.25, -0.2) is 0 Å². The lowest BCUT2D eigenvalue weighted by atomic mass is 10.2. The zero-order chi connectivity index (χ0) is 16.8. The molecule has 1 amide bonds. The van der Waals surface area contributed by atoms with Crippen LogP contribution in [0, 0.1) is 0 Å². The predicted molar refractivity (Wildman–Crippen MR) is 89.0 cm³/mol. The summed E-state index contributed by atoms with van der Waals surface area (Å²) in [5, 5.41) is 6.78. The minimum absolute atomic E-state index is 0.104. The van der Waals surface area contributed by atoms with Crippen molar-refractivity contribution in [3.05, 3.63) is 54.9 Å². The minimum Gasteiger partial charge on any atom is -0.344 e. The van der Waals surface area contributed by atoms with Crippen LogP contribution in [0.15, 0.2) is 58.5 Å². The SMILES string of the molecule is C[C@H](NC(=O)CSc1ccncc1)c1nc(-c2ccncc2)no1. The van der Waals surface area contributed by atoms with Crippen LogP contribution in [0.4, 0.5) is 0 Å². The molecule has 0 aliphatic rings. The van der Waals surface area contributed by atoms with Crippen LogP contribution in [0.1, 0.15) is 18.9 Å². The Bertz CT molecular complexity index is 794. The van der Waals surface area contributed by atoms with Crippen LogP contribution in [-0.2, 0) is 4.79 Å². The maximum atomic E-state index is 12.0. The summed E-state index contributed by atoms with van der Waals surface area (Å²) in [5.41, 5.74) is 0.812. The van der Waals surface area contributed by atoms with E-state index in [1.54, 1.807) is 43.8 Å². The van der Waals surface area contributed by atoms with Crippen LogP contribution < -0.4 is 5.32 Å². The molecule has 0 unspecified atom stereocenters. The van der Waals surface area contributed by atoms with Gasteiger partial charge in [0.05, 0.1) is 5.75 Å². The summed E-state index contributed by atoms with van der Waals surface area (Å²) in [5.74, 6) is 1.04. The van der Waals surface area contributed by atoms with Gasteiger partial charge in [0, 0.05) is 35.2 Å². The van der Waals surface area contributed by atoms with E-state index < -0.39 is 0 Å². The summed E-state index contributed by atoms with van der Waals surface area (Å²) < 4.78 is 5.23. The van der Waals surface area contributed by atoms with Gasteiger partial charge in [0.25, 0.3) is 0 Å². The standard InChI is InChI=1S/C16H15N5O2S/c1-11(19-14(22)10-24-13-4-8-18-9-5-13)16-20-15(21-23-16)12-2-6-17-7-3-12/h2-9,11H,10H2,1H3,(H,19,22)/t11-/m0/s1. The highest BCUT2D eigenvalue weighted by Crippen LogP contribution is 2.19. The number of nitrogens with zero attached hydrogens (tertiary/aromatic N) is 4. The molecular weight excluding hydrogens is 326 g/mol. The second kappa shape index (κ2) is 7.69. The molecule has 8 heteroatoms. The first-order valence-corrected chi connectivity index (χ1v) is 8.27. The number of hydrogen-bond acceptors (Lipinski definition) is 7. The Morgan fingerprint density at radius 1 is 1.17 bits per heavy atom. The first kappa shape index (κ1) is 16.1. The quantitative estimate of drug-likeness (QED) is 0.688. The van der Waals surface area contributed by atoms with Crippen molar-refractivity contribution in [3.8, 4) is 11.4 Å². The Balaban J connectivity index is 1.56. The van der Waals surface area contributed by atoms with E-state index in [0.29, 0.717) is 17.5 Å². The predicted octanol–water partition coefficient (Wildman–Crippen LogP) is 2.50. The average Bonchev–Trinajstić information content (AvgIpc) is 3.12. The van der Waals surface area contributed by atoms with Crippen molar-refractivity contribution in [1.29, 1.82) is 0 Å². The second-order valence-corrected chi connectivity index (χ2v) is 6.00. The zero-order valence-corrected chi connectivity index (χ0v) is 13.7. The smallest absolute Gasteiger partial charge is 0.249 e. The Hall–Kier alpha value is -2.74. The molecule has 24 heavy (non-hydrogen) atoms. The maximum Gasteiger partial charge on any atom is 0.249 e. The highest BCUT2D eigenvalue weighted by Gasteiger charge is 2.17. The van der Waals surface area contributed by atoms with Crippen LogP contribution in [0.3, 0.4) is 0 Å². The monoisotopic (exact) mass is 341 g/mol. The largest absolute Gasteiger partial charge is 0.344 e. The van der Waals surface area contributed by atoms with E-state index >= 15 is 0 Å². The van der Waals surface area contributed by atoms with Gasteiger partial charge in [-0.1, -0.05) is 5.16 Å². The molecule has 1 atom stereocenters. The Labute approximate surface area is 142 Å². The lowest BCUT2D eigenvalue weighted by Crippen LogP contribution is -2.28. The van der Waals surface area contributed by atoms with E-state index in [-0.39, 0.29) is 11.9 Å². The third-order valence-corrected chi connectivity index (χ3v) is 4.16. The first-order chi connectivity index (χ1) is 11.7. The van der Waals surface area contributed by atoms with Crippen molar-refractivity contribution in [3.63, 3.8) is 0 Å². The third kappa shape index (κ3) is 4.17. The normalized spacial score (nSPS) is 11.9. The molecule has 3 rings (SSSR count). The molecule has 3 heterocycles. The van der Waals surface area contributed by atoms with Crippen molar-refractivity contribution in [2.24, 2.45) is 0 Å². The number of hydrogen-bond donors (Lipinski definition) is 1. The molecule has 0 saturated heterocycles. The van der Waals surface area contributed by atoms with Crippen molar-refractivity contribution in [2.45, 2.75) is 17.9 Å². The Morgan fingerprint density at radius 2 is 1.83 bits per heavy atom. The Morgan fingerprint density at radius 3 is 2.54 bits per heavy atom. The van der Waals surface area contributed by atoms with Gasteiger partial charge in [-0.2, -0.15) is 4.98 Å². The van der Waals surface area contributed by atoms with E-state index in [0.717, 1.165) is 10.5 Å². The van der Waals surface area contributed by atoms with Crippen molar-refractivity contribution >= 4 is 17.7 Å². The molecule has 0 spiro atoms. The van der Waals surface area contributed by atoms with Crippen molar-refractivity contribution < 1.29 is 9.32 Å². The molecule has 3 aromatic heterocycles. The molecule has 3 aromatic rings. The fourth-order valence-corrected chi connectivity index (χ4v) is 2.65. The number of aromatic nitrogens is 4. The van der Waals surface area contributed by atoms with Gasteiger partial charge in [-0.05, 0) is 31.2 Å². The number of amides is 1. The molecule has 0 fully saturated rings. The summed E-state index contributed by atoms with van der Waals surface area (Å²) in [6.07, 6.45) is 6.71. The van der Waals surface area contributed by atoms with E-state index in [4.69, 9.17) is 4.52 Å². The third-order valence-electron chi connectivity index (χ3n) is 3.15. The highest BCUT2D eigenvalue weighted by molar-refractivity contribution is 8.00. The van der Waals surface area contributed by atoms with Crippen LogP contribution in [-0.4, -0.2) is 31.8 Å². The molecule has 0 saturated carbocycles. The first-order valence-electron chi connectivity index (χ1n) is 7.28. The molecular formula is C16H15N5O2S. The molecule has 1 N–H and O–H groups in total. The summed E-state index contributed by atoms with van der Waals surface area (Å²) >= 11 is 1.44. The Kier molecular flexibility index (Phi) is 5.17. The van der Waals surface area contributed by atoms with Crippen LogP contribution >= 0.6 is 11.8 Å². The summed E-state index contributed by atoms with van der Waals surface area (Å²) in [6, 6.07) is 6.95. The van der Waals surface area contributed by atoms with Crippen molar-refractivity contribution in [2.75, 3.05) is 5.75 Å². The zero-order valence-electron chi connectivity index (χ0n) is 12.9. The molecule has 122 valence electrons. The molecule has 0 aliphatic heterocycles. The fraction of sp³-hybridized carbons (Fsp3) is 0.188. The van der Waals surface area contributed by atoms with Gasteiger partial charge in [-0.3, -0.25) is 14.8 Å². The van der Waals surface area contributed by atoms with Crippen LogP contribution in [0.5, 0.6) is 0 Å². The molecule has 0 bridgehead atoms. The van der Waals surface area contributed by atoms with E-state index in [1.807, 2.05) is 12.1 Å². The fourth-order valence-electron chi connectivity index (χ4n) is 1.96. The number of nitrogens with one attached hydrogen (secondary N) is 1. The van der Waals surface area contributed by atoms with Crippen LogP contribution in [0.2, 0.25) is 0 Å². The average molecular weight is 341 g/mol. The topological polar surface area (TPSA) is 93.8 Å². The van der Waals surface area contributed by atoms with E-state index in [9.17, 15) is 4.79 Å². The summed E-state index contributed by atoms with van der Waals surface area (Å²) in [6.45, 7) is 1.80. The van der Waals surface area contributed by atoms with Gasteiger partial charge >= 0.3 is 0 Å². The molecule has 0 aliphatic carbocycles. The number of thioether (sulfide) groups is 1.